The Morgan fingerprint density at radius 2 is 2.00 bits per heavy atom. The number of esters is 1. The van der Waals surface area contributed by atoms with Gasteiger partial charge in [-0.05, 0) is 12.3 Å². The highest BCUT2D eigenvalue weighted by atomic mass is 16.5. The maximum Gasteiger partial charge on any atom is 0.328 e. The number of aliphatic hydroxyl groups is 1. The average molecular weight is 300 g/mol. The number of likely N-dealkylation sites (tertiary alicyclic amines) is 1. The third-order valence-electron chi connectivity index (χ3n) is 3.50. The van der Waals surface area contributed by atoms with Crippen LogP contribution in [0.3, 0.4) is 0 Å². The van der Waals surface area contributed by atoms with E-state index in [0.717, 1.165) is 0 Å². The summed E-state index contributed by atoms with van der Waals surface area (Å²) < 4.78 is 4.69. The van der Waals surface area contributed by atoms with Crippen molar-refractivity contribution in [3.63, 3.8) is 0 Å². The third-order valence-corrected chi connectivity index (χ3v) is 3.50. The highest BCUT2D eigenvalue weighted by molar-refractivity contribution is 5.90. The van der Waals surface area contributed by atoms with Crippen molar-refractivity contribution < 1.29 is 24.2 Å². The molecule has 1 saturated heterocycles. The number of β-amino-alcohol motifs (C(OH)–C–C–N with tert-alkyl or cyclic N) is 1. The average Bonchev–Trinajstić information content (AvgIpc) is 2.78. The van der Waals surface area contributed by atoms with E-state index in [0.29, 0.717) is 6.42 Å². The monoisotopic (exact) mass is 300 g/mol. The van der Waals surface area contributed by atoms with Crippen molar-refractivity contribution in [2.24, 2.45) is 5.92 Å². The van der Waals surface area contributed by atoms with Crippen molar-refractivity contribution in [2.45, 2.75) is 51.8 Å². The first-order valence-corrected chi connectivity index (χ1v) is 7.09. The number of nitrogens with zero attached hydrogens (tertiary/aromatic N) is 1. The molecule has 0 aliphatic carbocycles. The van der Waals surface area contributed by atoms with E-state index in [4.69, 9.17) is 0 Å². The van der Waals surface area contributed by atoms with Crippen LogP contribution in [0.2, 0.25) is 0 Å². The molecule has 3 atom stereocenters. The predicted octanol–water partition coefficient (Wildman–Crippen LogP) is -0.328. The number of hydrogen-bond acceptors (Lipinski definition) is 5. The molecule has 120 valence electrons. The zero-order valence-electron chi connectivity index (χ0n) is 13.0. The van der Waals surface area contributed by atoms with Crippen LogP contribution in [0.1, 0.15) is 33.6 Å². The zero-order valence-corrected chi connectivity index (χ0v) is 13.0. The molecule has 7 nitrogen and oxygen atoms in total. The quantitative estimate of drug-likeness (QED) is 0.678. The highest BCUT2D eigenvalue weighted by Gasteiger charge is 2.38. The Hall–Kier alpha value is -1.63. The van der Waals surface area contributed by atoms with E-state index < -0.39 is 30.1 Å². The minimum Gasteiger partial charge on any atom is -0.467 e. The molecule has 1 aliphatic heterocycles. The maximum atomic E-state index is 12.3. The fraction of sp³-hybridized carbons (Fsp3) is 0.786. The molecule has 7 heteroatoms. The number of aliphatic hydroxyl groups excluding tert-OH is 1. The van der Waals surface area contributed by atoms with Gasteiger partial charge in [0.25, 0.3) is 0 Å². The van der Waals surface area contributed by atoms with Gasteiger partial charge in [0.1, 0.15) is 12.1 Å². The van der Waals surface area contributed by atoms with Gasteiger partial charge >= 0.3 is 5.97 Å². The second-order valence-corrected chi connectivity index (χ2v) is 5.79. The molecule has 1 fully saturated rings. The Balaban J connectivity index is 2.76. The molecule has 1 heterocycles. The molecule has 2 N–H and O–H groups in total. The second-order valence-electron chi connectivity index (χ2n) is 5.79. The van der Waals surface area contributed by atoms with E-state index in [1.165, 1.54) is 18.9 Å². The van der Waals surface area contributed by atoms with Crippen molar-refractivity contribution in [2.75, 3.05) is 13.7 Å². The van der Waals surface area contributed by atoms with E-state index in [2.05, 4.69) is 10.1 Å². The number of methoxy groups -OCH3 is 1. The molecular weight excluding hydrogens is 276 g/mol. The van der Waals surface area contributed by atoms with Crippen molar-refractivity contribution in [1.29, 1.82) is 0 Å². The minimum absolute atomic E-state index is 0.139. The molecule has 21 heavy (non-hydrogen) atoms. The first-order chi connectivity index (χ1) is 9.76. The molecule has 0 aromatic heterocycles. The highest BCUT2D eigenvalue weighted by Crippen LogP contribution is 2.19. The van der Waals surface area contributed by atoms with Crippen LogP contribution in [-0.2, 0) is 19.1 Å². The molecule has 2 amide bonds. The van der Waals surface area contributed by atoms with E-state index in [1.807, 2.05) is 13.8 Å². The topological polar surface area (TPSA) is 95.9 Å². The summed E-state index contributed by atoms with van der Waals surface area (Å²) in [4.78, 5) is 36.8. The number of carbonyl (C=O) groups is 3. The molecule has 0 saturated carbocycles. The largest absolute Gasteiger partial charge is 0.467 e. The summed E-state index contributed by atoms with van der Waals surface area (Å²) >= 11 is 0. The van der Waals surface area contributed by atoms with E-state index in [9.17, 15) is 19.5 Å². The summed E-state index contributed by atoms with van der Waals surface area (Å²) in [6.45, 7) is 5.36. The van der Waals surface area contributed by atoms with E-state index in [1.54, 1.807) is 0 Å². The fourth-order valence-corrected chi connectivity index (χ4v) is 2.51. The van der Waals surface area contributed by atoms with Gasteiger partial charge in [0.05, 0.1) is 13.2 Å². The van der Waals surface area contributed by atoms with Crippen molar-refractivity contribution in [1.82, 2.24) is 10.2 Å². The molecule has 0 spiro atoms. The predicted molar refractivity (Wildman–Crippen MR) is 75.2 cm³/mol. The summed E-state index contributed by atoms with van der Waals surface area (Å²) in [7, 11) is 1.27. The first kappa shape index (κ1) is 17.4. The lowest BCUT2D eigenvalue weighted by Gasteiger charge is -2.25. The van der Waals surface area contributed by atoms with Crippen molar-refractivity contribution in [3.05, 3.63) is 0 Å². The third kappa shape index (κ3) is 4.70. The van der Waals surface area contributed by atoms with Gasteiger partial charge in [-0.15, -0.1) is 0 Å². The zero-order chi connectivity index (χ0) is 16.2. The van der Waals surface area contributed by atoms with Gasteiger partial charge in [0, 0.05) is 19.9 Å². The summed E-state index contributed by atoms with van der Waals surface area (Å²) in [6, 6.07) is -1.48. The molecule has 0 aromatic rings. The van der Waals surface area contributed by atoms with E-state index in [-0.39, 0.29) is 24.8 Å². The molecule has 0 radical (unpaired) electrons. The van der Waals surface area contributed by atoms with Crippen LogP contribution in [0, 0.1) is 5.92 Å². The lowest BCUT2D eigenvalue weighted by atomic mass is 10.0. The summed E-state index contributed by atoms with van der Waals surface area (Å²) in [6.07, 6.45) is -0.0827. The molecule has 0 aromatic carbocycles. The van der Waals surface area contributed by atoms with Gasteiger partial charge < -0.3 is 20.1 Å². The van der Waals surface area contributed by atoms with Crippen LogP contribution in [0.5, 0.6) is 0 Å². The van der Waals surface area contributed by atoms with Crippen LogP contribution >= 0.6 is 0 Å². The van der Waals surface area contributed by atoms with Gasteiger partial charge in [-0.2, -0.15) is 0 Å². The van der Waals surface area contributed by atoms with Gasteiger partial charge in [0.15, 0.2) is 0 Å². The smallest absolute Gasteiger partial charge is 0.328 e. The Labute approximate surface area is 124 Å². The number of carbonyl (C=O) groups excluding carboxylic acids is 3. The fourth-order valence-electron chi connectivity index (χ4n) is 2.51. The lowest BCUT2D eigenvalue weighted by molar-refractivity contribution is -0.146. The molecule has 1 aliphatic rings. The number of ether oxygens (including phenoxy) is 1. The summed E-state index contributed by atoms with van der Waals surface area (Å²) in [5.41, 5.74) is 0. The summed E-state index contributed by atoms with van der Waals surface area (Å²) in [5, 5.41) is 12.3. The maximum absolute atomic E-state index is 12.3. The summed E-state index contributed by atoms with van der Waals surface area (Å²) in [5.74, 6) is -1.01. The molecule has 0 bridgehead atoms. The van der Waals surface area contributed by atoms with Gasteiger partial charge in [-0.1, -0.05) is 13.8 Å². The van der Waals surface area contributed by atoms with Gasteiger partial charge in [-0.3, -0.25) is 9.59 Å². The van der Waals surface area contributed by atoms with Crippen LogP contribution in [0.15, 0.2) is 0 Å². The normalized spacial score (nSPS) is 23.0. The number of amides is 2. The number of hydrogen-bond donors (Lipinski definition) is 2. The number of nitrogens with one attached hydrogen (secondary N) is 1. The molecule has 1 rings (SSSR count). The molecule has 0 unspecified atom stereocenters. The standard InChI is InChI=1S/C14H24N2O5/c1-8(2)5-11(14(20)21-4)15-13(19)12-6-10(18)7-16(12)9(3)17/h8,10-12,18H,5-7H2,1-4H3,(H,15,19)/t10-,11+,12+/m1/s1. The van der Waals surface area contributed by atoms with Crippen LogP contribution in [0.25, 0.3) is 0 Å². The SMILES string of the molecule is COC(=O)[C@H](CC(C)C)NC(=O)[C@@H]1C[C@@H](O)CN1C(C)=O. The van der Waals surface area contributed by atoms with Gasteiger partial charge in [-0.25, -0.2) is 4.79 Å². The van der Waals surface area contributed by atoms with Crippen molar-refractivity contribution in [3.8, 4) is 0 Å². The van der Waals surface area contributed by atoms with Crippen LogP contribution in [-0.4, -0.2) is 59.6 Å². The van der Waals surface area contributed by atoms with Crippen LogP contribution < -0.4 is 5.32 Å². The Kier molecular flexibility index (Phi) is 6.14. The Bertz CT molecular complexity index is 410. The first-order valence-electron chi connectivity index (χ1n) is 7.09. The van der Waals surface area contributed by atoms with Crippen LogP contribution in [0.4, 0.5) is 0 Å². The molecular formula is C14H24N2O5. The Morgan fingerprint density at radius 1 is 1.38 bits per heavy atom. The van der Waals surface area contributed by atoms with Gasteiger partial charge in [0.2, 0.25) is 11.8 Å². The lowest BCUT2D eigenvalue weighted by Crippen LogP contribution is -2.51. The minimum atomic E-state index is -0.742. The van der Waals surface area contributed by atoms with E-state index >= 15 is 0 Å². The number of rotatable bonds is 5. The second kappa shape index (κ2) is 7.40. The van der Waals surface area contributed by atoms with Crippen molar-refractivity contribution >= 4 is 17.8 Å². The Morgan fingerprint density at radius 3 is 2.48 bits per heavy atom.